The van der Waals surface area contributed by atoms with Crippen molar-refractivity contribution in [3.63, 3.8) is 0 Å². The Bertz CT molecular complexity index is 197. The Balaban J connectivity index is 2.00. The topological polar surface area (TPSA) is 26.0 Å². The number of hydrogen-bond acceptors (Lipinski definition) is 1. The predicted molar refractivity (Wildman–Crippen MR) is 60.5 cm³/mol. The lowest BCUT2D eigenvalue weighted by molar-refractivity contribution is 0.307. The molecule has 2 N–H and O–H groups in total. The van der Waals surface area contributed by atoms with Crippen molar-refractivity contribution in [3.8, 4) is 0 Å². The molecule has 0 spiro atoms. The third kappa shape index (κ3) is 1.99. The van der Waals surface area contributed by atoms with E-state index in [2.05, 4.69) is 19.6 Å². The molecule has 2 aliphatic carbocycles. The SMILES string of the molecule is C[Si](C)(C)CC1(CN)CC2CC2C1. The number of rotatable bonds is 3. The van der Waals surface area contributed by atoms with Gasteiger partial charge in [0.2, 0.25) is 0 Å². The molecule has 2 unspecified atom stereocenters. The molecule has 0 aliphatic heterocycles. The molecule has 1 nitrogen and oxygen atoms in total. The van der Waals surface area contributed by atoms with Crippen LogP contribution in [0, 0.1) is 17.3 Å². The van der Waals surface area contributed by atoms with Crippen molar-refractivity contribution in [2.24, 2.45) is 23.0 Å². The van der Waals surface area contributed by atoms with E-state index in [0.717, 1.165) is 18.4 Å². The minimum Gasteiger partial charge on any atom is -0.330 e. The van der Waals surface area contributed by atoms with Crippen molar-refractivity contribution in [2.75, 3.05) is 6.54 Å². The van der Waals surface area contributed by atoms with Gasteiger partial charge in [0.25, 0.3) is 0 Å². The van der Waals surface area contributed by atoms with Crippen LogP contribution in [-0.2, 0) is 0 Å². The van der Waals surface area contributed by atoms with Crippen LogP contribution in [0.5, 0.6) is 0 Å². The summed E-state index contributed by atoms with van der Waals surface area (Å²) < 4.78 is 0. The summed E-state index contributed by atoms with van der Waals surface area (Å²) in [6.07, 6.45) is 4.43. The lowest BCUT2D eigenvalue weighted by Gasteiger charge is -2.35. The first-order chi connectivity index (χ1) is 5.94. The first-order valence-electron chi connectivity index (χ1n) is 5.64. The van der Waals surface area contributed by atoms with E-state index in [9.17, 15) is 0 Å². The van der Waals surface area contributed by atoms with Gasteiger partial charge in [0, 0.05) is 8.07 Å². The van der Waals surface area contributed by atoms with Crippen LogP contribution in [0.3, 0.4) is 0 Å². The molecule has 0 aromatic carbocycles. The van der Waals surface area contributed by atoms with Gasteiger partial charge in [0.05, 0.1) is 0 Å². The Kier molecular flexibility index (Phi) is 2.12. The van der Waals surface area contributed by atoms with Gasteiger partial charge >= 0.3 is 0 Å². The van der Waals surface area contributed by atoms with E-state index in [-0.39, 0.29) is 0 Å². The van der Waals surface area contributed by atoms with Gasteiger partial charge in [0.1, 0.15) is 0 Å². The summed E-state index contributed by atoms with van der Waals surface area (Å²) in [6.45, 7) is 8.39. The first-order valence-corrected chi connectivity index (χ1v) is 9.35. The molecule has 2 atom stereocenters. The van der Waals surface area contributed by atoms with Gasteiger partial charge in [-0.25, -0.2) is 0 Å². The van der Waals surface area contributed by atoms with Gasteiger partial charge < -0.3 is 5.73 Å². The third-order valence-electron chi connectivity index (χ3n) is 3.80. The van der Waals surface area contributed by atoms with E-state index in [1.54, 1.807) is 0 Å². The molecule has 0 amide bonds. The number of fused-ring (bicyclic) bond motifs is 1. The summed E-state index contributed by atoms with van der Waals surface area (Å²) in [7, 11) is -0.905. The van der Waals surface area contributed by atoms with E-state index in [1.165, 1.54) is 25.3 Å². The molecule has 2 saturated carbocycles. The maximum atomic E-state index is 5.98. The van der Waals surface area contributed by atoms with Crippen LogP contribution in [0.2, 0.25) is 25.7 Å². The predicted octanol–water partition coefficient (Wildman–Crippen LogP) is 2.70. The zero-order valence-corrected chi connectivity index (χ0v) is 10.3. The highest BCUT2D eigenvalue weighted by molar-refractivity contribution is 6.76. The fraction of sp³-hybridized carbons (Fsp3) is 1.00. The molecule has 13 heavy (non-hydrogen) atoms. The molecular weight excluding hydrogens is 174 g/mol. The molecule has 2 aliphatic rings. The van der Waals surface area contributed by atoms with Crippen LogP contribution in [0.4, 0.5) is 0 Å². The monoisotopic (exact) mass is 197 g/mol. The van der Waals surface area contributed by atoms with Gasteiger partial charge in [-0.3, -0.25) is 0 Å². The zero-order valence-electron chi connectivity index (χ0n) is 9.27. The second kappa shape index (κ2) is 2.83. The summed E-state index contributed by atoms with van der Waals surface area (Å²) in [6, 6.07) is 1.46. The van der Waals surface area contributed by atoms with Gasteiger partial charge in [-0.15, -0.1) is 0 Å². The van der Waals surface area contributed by atoms with Crippen LogP contribution in [0.15, 0.2) is 0 Å². The maximum Gasteiger partial charge on any atom is 0.0448 e. The largest absolute Gasteiger partial charge is 0.330 e. The molecule has 0 aromatic heterocycles. The van der Waals surface area contributed by atoms with E-state index in [1.807, 2.05) is 0 Å². The molecule has 0 bridgehead atoms. The van der Waals surface area contributed by atoms with Crippen LogP contribution in [-0.4, -0.2) is 14.6 Å². The van der Waals surface area contributed by atoms with Gasteiger partial charge in [-0.1, -0.05) is 25.7 Å². The van der Waals surface area contributed by atoms with E-state index < -0.39 is 8.07 Å². The van der Waals surface area contributed by atoms with E-state index in [0.29, 0.717) is 5.41 Å². The lowest BCUT2D eigenvalue weighted by Crippen LogP contribution is -2.37. The normalized spacial score (nSPS) is 43.4. The number of hydrogen-bond donors (Lipinski definition) is 1. The smallest absolute Gasteiger partial charge is 0.0448 e. The minimum absolute atomic E-state index is 0.581. The van der Waals surface area contributed by atoms with Gasteiger partial charge in [-0.2, -0.15) is 0 Å². The van der Waals surface area contributed by atoms with E-state index in [4.69, 9.17) is 5.73 Å². The lowest BCUT2D eigenvalue weighted by atomic mass is 9.85. The van der Waals surface area contributed by atoms with Crippen molar-refractivity contribution < 1.29 is 0 Å². The summed E-state index contributed by atoms with van der Waals surface area (Å²) >= 11 is 0. The highest BCUT2D eigenvalue weighted by Gasteiger charge is 2.53. The second-order valence-corrected chi connectivity index (χ2v) is 12.1. The number of nitrogens with two attached hydrogens (primary N) is 1. The Labute approximate surface area is 83.1 Å². The molecule has 76 valence electrons. The highest BCUT2D eigenvalue weighted by atomic mass is 28.3. The Morgan fingerprint density at radius 3 is 2.15 bits per heavy atom. The van der Waals surface area contributed by atoms with Crippen molar-refractivity contribution in [1.29, 1.82) is 0 Å². The van der Waals surface area contributed by atoms with Crippen molar-refractivity contribution in [1.82, 2.24) is 0 Å². The highest BCUT2D eigenvalue weighted by Crippen LogP contribution is 2.61. The van der Waals surface area contributed by atoms with Crippen molar-refractivity contribution >= 4 is 8.07 Å². The van der Waals surface area contributed by atoms with Gasteiger partial charge in [0.15, 0.2) is 0 Å². The molecular formula is C11H23NSi. The fourth-order valence-corrected chi connectivity index (χ4v) is 6.20. The van der Waals surface area contributed by atoms with Crippen LogP contribution in [0.1, 0.15) is 19.3 Å². The van der Waals surface area contributed by atoms with Crippen LogP contribution >= 0.6 is 0 Å². The minimum atomic E-state index is -0.905. The Hall–Kier alpha value is 0.177. The standard InChI is InChI=1S/C11H23NSi/c1-13(2,3)8-11(7-12)5-9-4-10(9)6-11/h9-10H,4-8,12H2,1-3H3. The first kappa shape index (κ1) is 9.72. The van der Waals surface area contributed by atoms with Gasteiger partial charge in [-0.05, 0) is 43.1 Å². The molecule has 2 fully saturated rings. The molecule has 2 rings (SSSR count). The summed E-state index contributed by atoms with van der Waals surface area (Å²) in [5.74, 6) is 2.17. The maximum absolute atomic E-state index is 5.98. The molecule has 0 radical (unpaired) electrons. The molecule has 2 heteroatoms. The molecule has 0 aromatic rings. The Morgan fingerprint density at radius 1 is 1.23 bits per heavy atom. The Morgan fingerprint density at radius 2 is 1.77 bits per heavy atom. The third-order valence-corrected chi connectivity index (χ3v) is 5.61. The molecule has 0 saturated heterocycles. The van der Waals surface area contributed by atoms with Crippen LogP contribution in [0.25, 0.3) is 0 Å². The summed E-state index contributed by atoms with van der Waals surface area (Å²) in [5, 5.41) is 0. The average molecular weight is 197 g/mol. The fourth-order valence-electron chi connectivity index (χ4n) is 3.51. The van der Waals surface area contributed by atoms with Crippen molar-refractivity contribution in [3.05, 3.63) is 0 Å². The van der Waals surface area contributed by atoms with Crippen molar-refractivity contribution in [2.45, 2.75) is 44.9 Å². The quantitative estimate of drug-likeness (QED) is 0.692. The zero-order chi connectivity index (χ0) is 9.69. The summed E-state index contributed by atoms with van der Waals surface area (Å²) in [5.41, 5.74) is 6.56. The van der Waals surface area contributed by atoms with Crippen LogP contribution < -0.4 is 5.73 Å². The van der Waals surface area contributed by atoms with E-state index >= 15 is 0 Å². The summed E-state index contributed by atoms with van der Waals surface area (Å²) in [4.78, 5) is 0. The average Bonchev–Trinajstić information content (AvgIpc) is 2.57. The molecule has 0 heterocycles. The second-order valence-electron chi connectivity index (χ2n) is 6.61.